The van der Waals surface area contributed by atoms with Crippen LogP contribution in [0.25, 0.3) is 6.08 Å². The van der Waals surface area contributed by atoms with Gasteiger partial charge in [-0.25, -0.2) is 0 Å². The highest BCUT2D eigenvalue weighted by molar-refractivity contribution is 7.99. The third-order valence-electron chi connectivity index (χ3n) is 5.42. The van der Waals surface area contributed by atoms with Crippen LogP contribution in [0, 0.1) is 0 Å². The Labute approximate surface area is 211 Å². The number of aromatic nitrogens is 3. The second kappa shape index (κ2) is 13.8. The lowest BCUT2D eigenvalue weighted by atomic mass is 9.98. The molecule has 174 valence electrons. The molecule has 0 spiro atoms. The first-order valence-electron chi connectivity index (χ1n) is 11.6. The summed E-state index contributed by atoms with van der Waals surface area (Å²) in [5.41, 5.74) is 5.08. The smallest absolute Gasteiger partial charge is 0.192 e. The number of hydrogen-bond acceptors (Lipinski definition) is 6. The Morgan fingerprint density at radius 3 is 1.79 bits per heavy atom. The molecule has 0 N–H and O–H groups in total. The van der Waals surface area contributed by atoms with E-state index < -0.39 is 0 Å². The first kappa shape index (κ1) is 25.9. The summed E-state index contributed by atoms with van der Waals surface area (Å²) in [7, 11) is 0. The van der Waals surface area contributed by atoms with E-state index in [2.05, 4.69) is 75.9 Å². The molecule has 0 bridgehead atoms. The fraction of sp³-hybridized carbons (Fsp3) is 0.370. The molecule has 2 aromatic carbocycles. The molecule has 1 aromatic heterocycles. The monoisotopic (exact) mass is 495 g/mol. The summed E-state index contributed by atoms with van der Waals surface area (Å²) in [5.74, 6) is 3.33. The highest BCUT2D eigenvalue weighted by Gasteiger charge is 2.10. The number of rotatable bonds is 13. The summed E-state index contributed by atoms with van der Waals surface area (Å²) >= 11 is 5.09. The number of hydrogen-bond donors (Lipinski definition) is 0. The molecule has 0 fully saturated rings. The van der Waals surface area contributed by atoms with Gasteiger partial charge in [-0.3, -0.25) is 0 Å². The fourth-order valence-corrected chi connectivity index (χ4v) is 5.72. The quantitative estimate of drug-likeness (QED) is 0.175. The van der Waals surface area contributed by atoms with Gasteiger partial charge in [0.15, 0.2) is 15.5 Å². The van der Waals surface area contributed by atoms with E-state index in [9.17, 15) is 0 Å². The molecule has 0 saturated heterocycles. The molecular formula is C27H33N3S3. The van der Waals surface area contributed by atoms with Crippen molar-refractivity contribution in [2.24, 2.45) is 0 Å². The number of benzene rings is 2. The SMILES string of the molecule is C=Cc1ccc(CSc2nc(SCCCC)nc(SCc3ccc(C(C)CC)cc3)n2)cc1. The van der Waals surface area contributed by atoms with Crippen molar-refractivity contribution in [3.8, 4) is 0 Å². The van der Waals surface area contributed by atoms with Crippen molar-refractivity contribution in [1.82, 2.24) is 15.0 Å². The average molecular weight is 496 g/mol. The Kier molecular flexibility index (Phi) is 10.8. The topological polar surface area (TPSA) is 38.7 Å². The van der Waals surface area contributed by atoms with E-state index in [1.54, 1.807) is 35.3 Å². The minimum atomic E-state index is 0.602. The molecule has 0 aliphatic carbocycles. The highest BCUT2D eigenvalue weighted by atomic mass is 32.2. The van der Waals surface area contributed by atoms with Crippen LogP contribution in [0.2, 0.25) is 0 Å². The van der Waals surface area contributed by atoms with Crippen LogP contribution in [0.5, 0.6) is 0 Å². The maximum Gasteiger partial charge on any atom is 0.192 e. The lowest BCUT2D eigenvalue weighted by Crippen LogP contribution is -1.98. The fourth-order valence-electron chi connectivity index (χ4n) is 3.05. The van der Waals surface area contributed by atoms with E-state index in [1.807, 2.05) is 6.08 Å². The molecule has 33 heavy (non-hydrogen) atoms. The second-order valence-corrected chi connectivity index (χ2v) is 10.9. The van der Waals surface area contributed by atoms with Crippen LogP contribution in [-0.4, -0.2) is 20.7 Å². The molecule has 1 heterocycles. The van der Waals surface area contributed by atoms with Gasteiger partial charge in [-0.1, -0.05) is 124 Å². The van der Waals surface area contributed by atoms with Gasteiger partial charge in [0.25, 0.3) is 0 Å². The molecule has 1 atom stereocenters. The van der Waals surface area contributed by atoms with E-state index in [-0.39, 0.29) is 0 Å². The first-order chi connectivity index (χ1) is 16.1. The van der Waals surface area contributed by atoms with E-state index >= 15 is 0 Å². The Morgan fingerprint density at radius 1 is 0.788 bits per heavy atom. The van der Waals surface area contributed by atoms with Crippen molar-refractivity contribution in [3.05, 3.63) is 77.4 Å². The maximum absolute atomic E-state index is 4.76. The van der Waals surface area contributed by atoms with Crippen LogP contribution < -0.4 is 0 Å². The predicted octanol–water partition coefficient (Wildman–Crippen LogP) is 8.50. The molecular weight excluding hydrogens is 463 g/mol. The molecule has 0 aliphatic heterocycles. The van der Waals surface area contributed by atoms with E-state index in [0.29, 0.717) is 5.92 Å². The third-order valence-corrected chi connectivity index (χ3v) is 8.19. The zero-order chi connectivity index (χ0) is 23.5. The van der Waals surface area contributed by atoms with Crippen LogP contribution in [-0.2, 0) is 11.5 Å². The van der Waals surface area contributed by atoms with Gasteiger partial charge in [-0.2, -0.15) is 15.0 Å². The molecule has 0 saturated carbocycles. The van der Waals surface area contributed by atoms with Crippen LogP contribution in [0.4, 0.5) is 0 Å². The van der Waals surface area contributed by atoms with Crippen molar-refractivity contribution in [2.75, 3.05) is 5.75 Å². The van der Waals surface area contributed by atoms with Gasteiger partial charge < -0.3 is 0 Å². The van der Waals surface area contributed by atoms with Gasteiger partial charge in [0, 0.05) is 17.3 Å². The van der Waals surface area contributed by atoms with Crippen LogP contribution >= 0.6 is 35.3 Å². The third kappa shape index (κ3) is 8.51. The second-order valence-electron chi connectivity index (χ2n) is 7.96. The Hall–Kier alpha value is -1.76. The molecule has 3 rings (SSSR count). The lowest BCUT2D eigenvalue weighted by Gasteiger charge is -2.10. The first-order valence-corrected chi connectivity index (χ1v) is 14.5. The largest absolute Gasteiger partial charge is 0.196 e. The Balaban J connectivity index is 1.68. The lowest BCUT2D eigenvalue weighted by molar-refractivity contribution is 0.716. The zero-order valence-corrected chi connectivity index (χ0v) is 22.2. The summed E-state index contributed by atoms with van der Waals surface area (Å²) in [4.78, 5) is 14.2. The number of unbranched alkanes of at least 4 members (excludes halogenated alkanes) is 1. The maximum atomic E-state index is 4.76. The van der Waals surface area contributed by atoms with E-state index in [0.717, 1.165) is 44.7 Å². The molecule has 6 heteroatoms. The number of nitrogens with zero attached hydrogens (tertiary/aromatic N) is 3. The van der Waals surface area contributed by atoms with Crippen molar-refractivity contribution in [3.63, 3.8) is 0 Å². The molecule has 1 unspecified atom stereocenters. The van der Waals surface area contributed by atoms with Crippen molar-refractivity contribution >= 4 is 41.4 Å². The average Bonchev–Trinajstić information content (AvgIpc) is 2.86. The summed E-state index contributed by atoms with van der Waals surface area (Å²) in [6.07, 6.45) is 5.37. The van der Waals surface area contributed by atoms with Gasteiger partial charge in [0.2, 0.25) is 0 Å². The molecule has 0 radical (unpaired) electrons. The molecule has 3 aromatic rings. The van der Waals surface area contributed by atoms with Gasteiger partial charge in [0.05, 0.1) is 0 Å². The van der Waals surface area contributed by atoms with Gasteiger partial charge in [-0.15, -0.1) is 0 Å². The normalized spacial score (nSPS) is 12.0. The van der Waals surface area contributed by atoms with Gasteiger partial charge in [0.1, 0.15) is 0 Å². The van der Waals surface area contributed by atoms with Crippen molar-refractivity contribution < 1.29 is 0 Å². The van der Waals surface area contributed by atoms with Gasteiger partial charge in [-0.05, 0) is 41.0 Å². The molecule has 3 nitrogen and oxygen atoms in total. The summed E-state index contributed by atoms with van der Waals surface area (Å²) in [6, 6.07) is 17.4. The predicted molar refractivity (Wildman–Crippen MR) is 146 cm³/mol. The van der Waals surface area contributed by atoms with E-state index in [1.165, 1.54) is 29.5 Å². The summed E-state index contributed by atoms with van der Waals surface area (Å²) in [5, 5.41) is 2.43. The molecule has 0 amide bonds. The highest BCUT2D eigenvalue weighted by Crippen LogP contribution is 2.28. The Morgan fingerprint density at radius 2 is 1.30 bits per heavy atom. The zero-order valence-electron chi connectivity index (χ0n) is 19.8. The van der Waals surface area contributed by atoms with Crippen molar-refractivity contribution in [1.29, 1.82) is 0 Å². The summed E-state index contributed by atoms with van der Waals surface area (Å²) in [6.45, 7) is 10.5. The standard InChI is InChI=1S/C27H33N3S3/c1-5-8-17-31-25-28-26(32-18-22-11-9-21(7-3)10-12-22)30-27(29-25)33-19-23-13-15-24(16-14-23)20(4)6-2/h7,9-16,20H,3,5-6,8,17-19H2,1-2,4H3. The Bertz CT molecular complexity index is 1000. The molecule has 0 aliphatic rings. The van der Waals surface area contributed by atoms with Gasteiger partial charge >= 0.3 is 0 Å². The van der Waals surface area contributed by atoms with Crippen molar-refractivity contribution in [2.45, 2.75) is 72.9 Å². The van der Waals surface area contributed by atoms with Crippen LogP contribution in [0.1, 0.15) is 68.2 Å². The minimum Gasteiger partial charge on any atom is -0.196 e. The minimum absolute atomic E-state index is 0.602. The number of thioether (sulfide) groups is 3. The van der Waals surface area contributed by atoms with E-state index in [4.69, 9.17) is 15.0 Å². The summed E-state index contributed by atoms with van der Waals surface area (Å²) < 4.78 is 0. The van der Waals surface area contributed by atoms with Crippen LogP contribution in [0.15, 0.2) is 70.6 Å². The van der Waals surface area contributed by atoms with Crippen LogP contribution in [0.3, 0.4) is 0 Å².